The molecule has 1 aromatic rings. The third-order valence-corrected chi connectivity index (χ3v) is 2.01. The van der Waals surface area contributed by atoms with E-state index in [2.05, 4.69) is 21.9 Å². The van der Waals surface area contributed by atoms with Crippen molar-refractivity contribution in [2.45, 2.75) is 39.7 Å². The molecule has 16 heavy (non-hydrogen) atoms. The van der Waals surface area contributed by atoms with Gasteiger partial charge in [-0.15, -0.1) is 4.98 Å². The van der Waals surface area contributed by atoms with E-state index in [0.717, 1.165) is 12.8 Å². The van der Waals surface area contributed by atoms with Crippen LogP contribution in [0, 0.1) is 0 Å². The molecule has 0 radical (unpaired) electrons. The Balaban J connectivity index is 2.71. The van der Waals surface area contributed by atoms with E-state index in [4.69, 9.17) is 21.1 Å². The van der Waals surface area contributed by atoms with Crippen molar-refractivity contribution in [2.75, 3.05) is 6.61 Å². The SMILES string of the molecule is CCCC(C)Oc1nc(Cl)nc(OCC)n1. The fraction of sp³-hybridized carbons (Fsp3) is 0.700. The van der Waals surface area contributed by atoms with Crippen LogP contribution >= 0.6 is 11.6 Å². The Kier molecular flexibility index (Phi) is 5.25. The topological polar surface area (TPSA) is 57.1 Å². The van der Waals surface area contributed by atoms with Crippen molar-refractivity contribution >= 4 is 11.6 Å². The van der Waals surface area contributed by atoms with E-state index in [0.29, 0.717) is 6.61 Å². The smallest absolute Gasteiger partial charge is 0.324 e. The highest BCUT2D eigenvalue weighted by Crippen LogP contribution is 2.15. The summed E-state index contributed by atoms with van der Waals surface area (Å²) >= 11 is 5.72. The van der Waals surface area contributed by atoms with Gasteiger partial charge in [-0.1, -0.05) is 13.3 Å². The number of rotatable bonds is 6. The molecule has 1 aromatic heterocycles. The van der Waals surface area contributed by atoms with Crippen molar-refractivity contribution in [3.63, 3.8) is 0 Å². The van der Waals surface area contributed by atoms with E-state index in [1.807, 2.05) is 13.8 Å². The van der Waals surface area contributed by atoms with Crippen LogP contribution in [0.15, 0.2) is 0 Å². The number of halogens is 1. The second-order valence-electron chi connectivity index (χ2n) is 3.32. The number of hydrogen-bond donors (Lipinski definition) is 0. The fourth-order valence-electron chi connectivity index (χ4n) is 1.21. The molecule has 0 aliphatic rings. The first-order valence-corrected chi connectivity index (χ1v) is 5.74. The van der Waals surface area contributed by atoms with Gasteiger partial charge in [-0.3, -0.25) is 0 Å². The molecule has 0 fully saturated rings. The quantitative estimate of drug-likeness (QED) is 0.771. The Morgan fingerprint density at radius 1 is 1.19 bits per heavy atom. The van der Waals surface area contributed by atoms with Gasteiger partial charge in [-0.05, 0) is 31.9 Å². The van der Waals surface area contributed by atoms with Crippen LogP contribution in [0.1, 0.15) is 33.6 Å². The number of nitrogens with zero attached hydrogens (tertiary/aromatic N) is 3. The lowest BCUT2D eigenvalue weighted by atomic mass is 10.2. The van der Waals surface area contributed by atoms with Crippen LogP contribution in [0.5, 0.6) is 12.0 Å². The molecule has 5 nitrogen and oxygen atoms in total. The lowest BCUT2D eigenvalue weighted by molar-refractivity contribution is 0.187. The summed E-state index contributed by atoms with van der Waals surface area (Å²) in [5, 5.41) is 0.0807. The van der Waals surface area contributed by atoms with Crippen LogP contribution in [-0.2, 0) is 0 Å². The van der Waals surface area contributed by atoms with Gasteiger partial charge in [-0.25, -0.2) is 0 Å². The molecule has 0 amide bonds. The first-order chi connectivity index (χ1) is 7.65. The van der Waals surface area contributed by atoms with Crippen molar-refractivity contribution in [2.24, 2.45) is 0 Å². The Morgan fingerprint density at radius 2 is 1.88 bits per heavy atom. The van der Waals surface area contributed by atoms with E-state index in [1.165, 1.54) is 0 Å². The second-order valence-corrected chi connectivity index (χ2v) is 3.66. The number of aromatic nitrogens is 3. The minimum Gasteiger partial charge on any atom is -0.464 e. The van der Waals surface area contributed by atoms with Crippen LogP contribution in [0.25, 0.3) is 0 Å². The molecule has 1 unspecified atom stereocenters. The summed E-state index contributed by atoms with van der Waals surface area (Å²) in [6, 6.07) is 0.408. The van der Waals surface area contributed by atoms with Crippen LogP contribution in [-0.4, -0.2) is 27.7 Å². The van der Waals surface area contributed by atoms with Crippen LogP contribution in [0.3, 0.4) is 0 Å². The monoisotopic (exact) mass is 245 g/mol. The maximum atomic E-state index is 5.72. The van der Waals surface area contributed by atoms with E-state index in [1.54, 1.807) is 0 Å². The molecule has 0 aliphatic heterocycles. The van der Waals surface area contributed by atoms with Crippen molar-refractivity contribution in [1.82, 2.24) is 15.0 Å². The Labute approximate surface area is 100 Å². The zero-order valence-corrected chi connectivity index (χ0v) is 10.5. The summed E-state index contributed by atoms with van der Waals surface area (Å²) < 4.78 is 10.6. The zero-order valence-electron chi connectivity index (χ0n) is 9.73. The van der Waals surface area contributed by atoms with Gasteiger partial charge in [0.2, 0.25) is 5.28 Å². The Morgan fingerprint density at radius 3 is 2.50 bits per heavy atom. The molecule has 0 N–H and O–H groups in total. The van der Waals surface area contributed by atoms with Gasteiger partial charge >= 0.3 is 12.0 Å². The third kappa shape index (κ3) is 4.18. The molecular formula is C10H16ClN3O2. The van der Waals surface area contributed by atoms with Crippen LogP contribution in [0.2, 0.25) is 5.28 Å². The van der Waals surface area contributed by atoms with E-state index in [-0.39, 0.29) is 23.4 Å². The molecule has 1 atom stereocenters. The normalized spacial score (nSPS) is 12.2. The van der Waals surface area contributed by atoms with E-state index >= 15 is 0 Å². The van der Waals surface area contributed by atoms with Gasteiger partial charge in [0.15, 0.2) is 0 Å². The predicted molar refractivity (Wildman–Crippen MR) is 61.0 cm³/mol. The number of ether oxygens (including phenoxy) is 2. The molecular weight excluding hydrogens is 230 g/mol. The molecule has 90 valence electrons. The summed E-state index contributed by atoms with van der Waals surface area (Å²) in [4.78, 5) is 11.7. The molecule has 1 rings (SSSR count). The molecule has 0 aromatic carbocycles. The van der Waals surface area contributed by atoms with E-state index < -0.39 is 0 Å². The standard InChI is InChI=1S/C10H16ClN3O2/c1-4-6-7(3)16-10-13-8(11)12-9(14-10)15-5-2/h7H,4-6H2,1-3H3. The van der Waals surface area contributed by atoms with Crippen molar-refractivity contribution < 1.29 is 9.47 Å². The van der Waals surface area contributed by atoms with Gasteiger partial charge in [0.25, 0.3) is 0 Å². The first kappa shape index (κ1) is 13.0. The molecule has 6 heteroatoms. The average molecular weight is 246 g/mol. The Bertz CT molecular complexity index is 336. The highest BCUT2D eigenvalue weighted by Gasteiger charge is 2.09. The fourth-order valence-corrected chi connectivity index (χ4v) is 1.35. The molecule has 1 heterocycles. The maximum absolute atomic E-state index is 5.72. The summed E-state index contributed by atoms with van der Waals surface area (Å²) in [7, 11) is 0. The average Bonchev–Trinajstić information content (AvgIpc) is 2.17. The van der Waals surface area contributed by atoms with Gasteiger partial charge in [-0.2, -0.15) is 9.97 Å². The first-order valence-electron chi connectivity index (χ1n) is 5.36. The maximum Gasteiger partial charge on any atom is 0.324 e. The summed E-state index contributed by atoms with van der Waals surface area (Å²) in [6.07, 6.45) is 2.03. The lowest BCUT2D eigenvalue weighted by Gasteiger charge is -2.12. The predicted octanol–water partition coefficient (Wildman–Crippen LogP) is 2.49. The second kappa shape index (κ2) is 6.48. The van der Waals surface area contributed by atoms with Crippen molar-refractivity contribution in [3.05, 3.63) is 5.28 Å². The molecule has 0 bridgehead atoms. The zero-order chi connectivity index (χ0) is 12.0. The third-order valence-electron chi connectivity index (χ3n) is 1.84. The van der Waals surface area contributed by atoms with E-state index in [9.17, 15) is 0 Å². The summed E-state index contributed by atoms with van der Waals surface area (Å²) in [6.45, 7) is 6.37. The highest BCUT2D eigenvalue weighted by atomic mass is 35.5. The van der Waals surface area contributed by atoms with Gasteiger partial charge < -0.3 is 9.47 Å². The van der Waals surface area contributed by atoms with Gasteiger partial charge in [0, 0.05) is 0 Å². The Hall–Kier alpha value is -1.10. The van der Waals surface area contributed by atoms with Crippen molar-refractivity contribution in [1.29, 1.82) is 0 Å². The van der Waals surface area contributed by atoms with Crippen LogP contribution < -0.4 is 9.47 Å². The molecule has 0 saturated carbocycles. The lowest BCUT2D eigenvalue weighted by Crippen LogP contribution is -2.14. The minimum atomic E-state index is 0.0537. The summed E-state index contributed by atoms with van der Waals surface area (Å²) in [5.41, 5.74) is 0. The van der Waals surface area contributed by atoms with Crippen molar-refractivity contribution in [3.8, 4) is 12.0 Å². The molecule has 0 saturated heterocycles. The summed E-state index contributed by atoms with van der Waals surface area (Å²) in [5.74, 6) is 0. The minimum absolute atomic E-state index is 0.0537. The molecule has 0 spiro atoms. The van der Waals surface area contributed by atoms with Gasteiger partial charge in [0.1, 0.15) is 0 Å². The highest BCUT2D eigenvalue weighted by molar-refractivity contribution is 6.28. The molecule has 0 aliphatic carbocycles. The van der Waals surface area contributed by atoms with Crippen LogP contribution in [0.4, 0.5) is 0 Å². The number of hydrogen-bond acceptors (Lipinski definition) is 5. The van der Waals surface area contributed by atoms with Gasteiger partial charge in [0.05, 0.1) is 12.7 Å². The largest absolute Gasteiger partial charge is 0.464 e.